The third-order valence-corrected chi connectivity index (χ3v) is 14.2. The van der Waals surface area contributed by atoms with Crippen molar-refractivity contribution in [3.63, 3.8) is 0 Å². The van der Waals surface area contributed by atoms with Crippen LogP contribution in [0.15, 0.2) is 85.1 Å². The highest BCUT2D eigenvalue weighted by atomic mass is 16.7. The number of ether oxygens (including phenoxy) is 4. The van der Waals surface area contributed by atoms with Crippen molar-refractivity contribution >= 4 is 11.9 Å². The lowest BCUT2D eigenvalue weighted by molar-refractivity contribution is -0.309. The van der Waals surface area contributed by atoms with Gasteiger partial charge in [-0.2, -0.15) is 0 Å². The van der Waals surface area contributed by atoms with Crippen LogP contribution in [0, 0.1) is 17.8 Å². The Hall–Kier alpha value is -3.64. The van der Waals surface area contributed by atoms with Gasteiger partial charge >= 0.3 is 5.97 Å². The van der Waals surface area contributed by atoms with Gasteiger partial charge in [-0.25, -0.2) is 0 Å². The highest BCUT2D eigenvalue weighted by Gasteiger charge is 2.52. The molecule has 2 saturated heterocycles. The van der Waals surface area contributed by atoms with Gasteiger partial charge in [0.15, 0.2) is 12.1 Å². The van der Waals surface area contributed by atoms with E-state index in [1.807, 2.05) is 6.92 Å². The number of rotatable bonds is 9. The number of amides is 1. The second kappa shape index (κ2) is 33.2. The van der Waals surface area contributed by atoms with E-state index >= 15 is 0 Å². The molecule has 0 spiro atoms. The van der Waals surface area contributed by atoms with E-state index in [1.165, 1.54) is 20.0 Å². The Morgan fingerprint density at radius 1 is 0.688 bits per heavy atom. The molecule has 0 radical (unpaired) electrons. The third kappa shape index (κ3) is 22.1. The first-order chi connectivity index (χ1) is 36.2. The van der Waals surface area contributed by atoms with Gasteiger partial charge in [0.2, 0.25) is 5.91 Å². The molecule has 3 aliphatic heterocycles. The van der Waals surface area contributed by atoms with E-state index in [-0.39, 0.29) is 31.6 Å². The van der Waals surface area contributed by atoms with Gasteiger partial charge in [-0.05, 0) is 39.5 Å². The zero-order valence-corrected chi connectivity index (χ0v) is 44.5. The van der Waals surface area contributed by atoms with Crippen LogP contribution < -0.4 is 5.73 Å². The van der Waals surface area contributed by atoms with Crippen molar-refractivity contribution < 1.29 is 105 Å². The standard InChI is InChI=1S/C54H88N2O21/c1-30-18-16-14-12-10-8-6-7-9-11-13-15-17-19-37(76-53-51(71)46(55)48(68)33(4)75-53)25-43-45(52(72)56(5)28-41(64)49(69)50(70)42(65)29-57)40(63)27-54(73,77-43)26-39(62)38(61)21-20-34(58)22-35(59)23-36(60)24-44(66)74-32(3)31(2)47(30)67/h6-19,30-43,45-51,53,57-65,67-71,73H,20-29,55H2,1-5H3/b7-6+,10-8+,11-9+,14-12+,15-13+,18-16+,19-17+/t30-,31-,32-,33+,34?,35?,36?,37-,38+,39+,40-,41?,42?,43-,45+,46-,47+,48+,49?,50?,51-,53?,54+/m0/s1. The predicted molar refractivity (Wildman–Crippen MR) is 278 cm³/mol. The lowest BCUT2D eigenvalue weighted by atomic mass is 9.81. The Morgan fingerprint density at radius 3 is 1.81 bits per heavy atom. The van der Waals surface area contributed by atoms with Crippen molar-refractivity contribution in [2.75, 3.05) is 20.2 Å². The Kier molecular flexibility index (Phi) is 29.2. The van der Waals surface area contributed by atoms with E-state index in [1.54, 1.807) is 92.8 Å². The second-order valence-electron chi connectivity index (χ2n) is 20.7. The Bertz CT molecular complexity index is 1970. The number of carbonyl (C=O) groups excluding carboxylic acids is 2. The highest BCUT2D eigenvalue weighted by Crippen LogP contribution is 2.39. The maximum atomic E-state index is 14.3. The molecule has 23 heteroatoms. The van der Waals surface area contributed by atoms with Gasteiger partial charge in [0, 0.05) is 44.7 Å². The lowest BCUT2D eigenvalue weighted by Crippen LogP contribution is -2.62. The molecule has 0 aliphatic carbocycles. The molecule has 0 aromatic heterocycles. The molecule has 23 nitrogen and oxygen atoms in total. The maximum absolute atomic E-state index is 14.3. The van der Waals surface area contributed by atoms with Crippen molar-refractivity contribution in [1.29, 1.82) is 0 Å². The summed E-state index contributed by atoms with van der Waals surface area (Å²) in [5.74, 6) is -6.57. The van der Waals surface area contributed by atoms with E-state index in [0.29, 0.717) is 0 Å². The van der Waals surface area contributed by atoms with E-state index < -0.39 is 184 Å². The van der Waals surface area contributed by atoms with Crippen LogP contribution in [-0.4, -0.2) is 235 Å². The molecular weight excluding hydrogens is 1010 g/mol. The molecule has 1 amide bonds. The van der Waals surface area contributed by atoms with Crippen LogP contribution in [0.25, 0.3) is 0 Å². The minimum Gasteiger partial charge on any atom is -0.462 e. The second-order valence-corrected chi connectivity index (χ2v) is 20.7. The molecule has 2 fully saturated rings. The van der Waals surface area contributed by atoms with Gasteiger partial charge < -0.3 is 106 Å². The number of hydrogen-bond donors (Lipinski definition) is 16. The van der Waals surface area contributed by atoms with Crippen molar-refractivity contribution in [2.24, 2.45) is 23.5 Å². The van der Waals surface area contributed by atoms with Crippen molar-refractivity contribution in [3.05, 3.63) is 85.1 Å². The number of nitrogens with two attached hydrogens (primary N) is 1. The number of esters is 1. The number of allylic oxidation sites excluding steroid dienone is 12. The van der Waals surface area contributed by atoms with Crippen LogP contribution in [-0.2, 0) is 28.5 Å². The quantitative estimate of drug-likeness (QED) is 0.106. The van der Waals surface area contributed by atoms with E-state index in [2.05, 4.69) is 0 Å². The fraction of sp³-hybridized carbons (Fsp3) is 0.704. The Balaban J connectivity index is 2.00. The van der Waals surface area contributed by atoms with E-state index in [4.69, 9.17) is 24.7 Å². The molecule has 2 bridgehead atoms. The minimum absolute atomic E-state index is 0.198. The van der Waals surface area contributed by atoms with Gasteiger partial charge in [0.25, 0.3) is 0 Å². The Morgan fingerprint density at radius 2 is 1.22 bits per heavy atom. The van der Waals surface area contributed by atoms with Gasteiger partial charge in [-0.1, -0.05) is 98.9 Å². The molecule has 3 heterocycles. The van der Waals surface area contributed by atoms with Crippen molar-refractivity contribution in [2.45, 2.75) is 201 Å². The summed E-state index contributed by atoms with van der Waals surface area (Å²) in [6, 6.07) is -1.22. The first-order valence-corrected chi connectivity index (χ1v) is 26.2. The zero-order chi connectivity index (χ0) is 57.7. The van der Waals surface area contributed by atoms with Crippen LogP contribution in [0.4, 0.5) is 0 Å². The summed E-state index contributed by atoms with van der Waals surface area (Å²) in [5.41, 5.74) is 6.10. The monoisotopic (exact) mass is 1100 g/mol. The number of likely N-dealkylation sites (N-methyl/N-ethyl adjacent to an activating group) is 1. The number of aliphatic hydroxyl groups is 15. The summed E-state index contributed by atoms with van der Waals surface area (Å²) < 4.78 is 23.6. The van der Waals surface area contributed by atoms with E-state index in [0.717, 1.165) is 4.90 Å². The number of aliphatic hydroxyl groups excluding tert-OH is 14. The number of fused-ring (bicyclic) bond motifs is 2. The number of nitrogens with zero attached hydrogens (tertiary/aromatic N) is 1. The molecule has 17 N–H and O–H groups in total. The van der Waals surface area contributed by atoms with Crippen LogP contribution in [0.3, 0.4) is 0 Å². The first-order valence-electron chi connectivity index (χ1n) is 26.2. The smallest absolute Gasteiger partial charge is 0.308 e. The normalized spacial score (nSPS) is 42.0. The van der Waals surface area contributed by atoms with Gasteiger partial charge in [0.1, 0.15) is 36.6 Å². The van der Waals surface area contributed by atoms with E-state index in [9.17, 15) is 86.2 Å². The van der Waals surface area contributed by atoms with Crippen LogP contribution in [0.1, 0.15) is 79.1 Å². The van der Waals surface area contributed by atoms with Gasteiger partial charge in [-0.15, -0.1) is 0 Å². The average Bonchev–Trinajstić information content (AvgIpc) is 3.36. The maximum Gasteiger partial charge on any atom is 0.308 e. The molecular formula is C54H88N2O21. The van der Waals surface area contributed by atoms with Crippen LogP contribution >= 0.6 is 0 Å². The summed E-state index contributed by atoms with van der Waals surface area (Å²) in [7, 11) is 1.19. The van der Waals surface area contributed by atoms with Gasteiger partial charge in [0.05, 0.1) is 92.1 Å². The third-order valence-electron chi connectivity index (χ3n) is 14.2. The minimum atomic E-state index is -2.48. The largest absolute Gasteiger partial charge is 0.462 e. The highest BCUT2D eigenvalue weighted by molar-refractivity contribution is 5.80. The average molecular weight is 1100 g/mol. The lowest BCUT2D eigenvalue weighted by Gasteiger charge is -2.47. The first kappa shape index (κ1) is 67.6. The number of cyclic esters (lactones) is 1. The fourth-order valence-corrected chi connectivity index (χ4v) is 9.25. The molecule has 3 aliphatic rings. The molecule has 440 valence electrons. The molecule has 3 rings (SSSR count). The van der Waals surface area contributed by atoms with Crippen molar-refractivity contribution in [3.8, 4) is 0 Å². The molecule has 23 atom stereocenters. The summed E-state index contributed by atoms with van der Waals surface area (Å²) >= 11 is 0. The summed E-state index contributed by atoms with van der Waals surface area (Å²) in [5, 5.41) is 161. The Labute approximate surface area is 450 Å². The molecule has 0 aromatic carbocycles. The topological polar surface area (TPSA) is 404 Å². The molecule has 77 heavy (non-hydrogen) atoms. The zero-order valence-electron chi connectivity index (χ0n) is 44.5. The molecule has 0 saturated carbocycles. The van der Waals surface area contributed by atoms with Crippen LogP contribution in [0.2, 0.25) is 0 Å². The fourth-order valence-electron chi connectivity index (χ4n) is 9.25. The predicted octanol–water partition coefficient (Wildman–Crippen LogP) is -2.48. The molecule has 0 aromatic rings. The van der Waals surface area contributed by atoms with Crippen molar-refractivity contribution in [1.82, 2.24) is 4.90 Å². The SMILES string of the molecule is C[C@@H]1[C@H](O)[C@@H](C)/C=C/C=C/C=C/C=C/C=C/C=C/C=C/[C@H](OC2O[C@H](C)[C@@H](O)[C@H](N)[C@@H]2O)C[C@@H]2O[C@](O)(C[C@@H](O)[C@H](O)CCC(O)CC(O)CC(O)CC(=O)O[C@H]1C)C[C@H](O)[C@H]2C(=O)N(C)CC(O)C(O)C(O)C(O)CO. The van der Waals surface area contributed by atoms with Gasteiger partial charge in [-0.3, -0.25) is 9.59 Å². The number of hydrogen-bond acceptors (Lipinski definition) is 22. The summed E-state index contributed by atoms with van der Waals surface area (Å²) in [4.78, 5) is 27.9. The number of carbonyl (C=O) groups is 2. The summed E-state index contributed by atoms with van der Waals surface area (Å²) in [6.07, 6.45) is -6.16. The van der Waals surface area contributed by atoms with Crippen LogP contribution in [0.5, 0.6) is 0 Å². The molecule has 8 unspecified atom stereocenters. The summed E-state index contributed by atoms with van der Waals surface area (Å²) in [6.45, 7) is 5.01.